The summed E-state index contributed by atoms with van der Waals surface area (Å²) in [6.45, 7) is 3.97. The number of carbonyl (C=O) groups is 2. The molecule has 0 unspecified atom stereocenters. The molecule has 0 saturated carbocycles. The highest BCUT2D eigenvalue weighted by Crippen LogP contribution is 2.18. The van der Waals surface area contributed by atoms with Gasteiger partial charge in [0.05, 0.1) is 22.6 Å². The Kier molecular flexibility index (Phi) is 5.54. The van der Waals surface area contributed by atoms with E-state index in [1.54, 1.807) is 48.9 Å². The van der Waals surface area contributed by atoms with E-state index in [1.807, 2.05) is 6.07 Å². The van der Waals surface area contributed by atoms with E-state index in [0.29, 0.717) is 41.2 Å². The van der Waals surface area contributed by atoms with Gasteiger partial charge < -0.3 is 11.1 Å². The summed E-state index contributed by atoms with van der Waals surface area (Å²) in [7, 11) is 0. The monoisotopic (exact) mass is 380 g/mol. The Balaban J connectivity index is 1.70. The Morgan fingerprint density at radius 2 is 1.86 bits per heavy atom. The second-order valence-electron chi connectivity index (χ2n) is 6.50. The van der Waals surface area contributed by atoms with Crippen LogP contribution in [0.15, 0.2) is 48.5 Å². The van der Waals surface area contributed by atoms with Crippen LogP contribution in [0.1, 0.15) is 37.7 Å². The molecular weight excluding hydrogens is 359 g/mol. The minimum absolute atomic E-state index is 0.227. The first-order valence-electron chi connectivity index (χ1n) is 8.86. The highest BCUT2D eigenvalue weighted by Gasteiger charge is 2.19. The van der Waals surface area contributed by atoms with E-state index in [2.05, 4.69) is 10.4 Å². The van der Waals surface area contributed by atoms with Crippen LogP contribution in [0.3, 0.4) is 0 Å². The van der Waals surface area contributed by atoms with Crippen molar-refractivity contribution in [3.05, 3.63) is 82.4 Å². The third-order valence-corrected chi connectivity index (χ3v) is 4.50. The van der Waals surface area contributed by atoms with Crippen LogP contribution in [0, 0.1) is 19.7 Å². The molecule has 0 aliphatic heterocycles. The van der Waals surface area contributed by atoms with Crippen molar-refractivity contribution < 1.29 is 14.0 Å². The number of nitrogens with one attached hydrogen (secondary N) is 1. The molecule has 7 heteroatoms. The number of carbonyl (C=O) groups excluding carboxylic acids is 2. The zero-order valence-electron chi connectivity index (χ0n) is 15.7. The number of rotatable bonds is 6. The minimum atomic E-state index is -0.481. The molecule has 0 bridgehead atoms. The predicted octanol–water partition coefficient (Wildman–Crippen LogP) is 2.70. The SMILES string of the molecule is Cc1nn(-c2ccc(F)cc2)c(C)c1C(=O)NCCc1cccc(C(N)=O)c1. The van der Waals surface area contributed by atoms with E-state index in [-0.39, 0.29) is 11.7 Å². The number of amides is 2. The lowest BCUT2D eigenvalue weighted by molar-refractivity contribution is 0.0951. The number of aryl methyl sites for hydroxylation is 1. The summed E-state index contributed by atoms with van der Waals surface area (Å²) >= 11 is 0. The summed E-state index contributed by atoms with van der Waals surface area (Å²) < 4.78 is 14.8. The number of primary amides is 1. The number of hydrogen-bond acceptors (Lipinski definition) is 3. The van der Waals surface area contributed by atoms with E-state index in [1.165, 1.54) is 12.1 Å². The summed E-state index contributed by atoms with van der Waals surface area (Å²) in [5, 5.41) is 7.29. The van der Waals surface area contributed by atoms with Gasteiger partial charge in [0.25, 0.3) is 5.91 Å². The van der Waals surface area contributed by atoms with Crippen LogP contribution >= 0.6 is 0 Å². The topological polar surface area (TPSA) is 90.0 Å². The molecule has 0 radical (unpaired) electrons. The zero-order chi connectivity index (χ0) is 20.3. The normalized spacial score (nSPS) is 10.7. The van der Waals surface area contributed by atoms with Gasteiger partial charge in [0.1, 0.15) is 5.82 Å². The molecule has 0 aliphatic carbocycles. The van der Waals surface area contributed by atoms with Crippen molar-refractivity contribution in [2.45, 2.75) is 20.3 Å². The Bertz CT molecular complexity index is 1030. The van der Waals surface area contributed by atoms with Crippen molar-refractivity contribution in [3.63, 3.8) is 0 Å². The number of halogens is 1. The molecule has 3 aromatic rings. The molecule has 3 N–H and O–H groups in total. The molecule has 2 amide bonds. The zero-order valence-corrected chi connectivity index (χ0v) is 15.7. The molecule has 28 heavy (non-hydrogen) atoms. The lowest BCUT2D eigenvalue weighted by atomic mass is 10.1. The van der Waals surface area contributed by atoms with Crippen molar-refractivity contribution in [2.75, 3.05) is 6.54 Å². The van der Waals surface area contributed by atoms with E-state index < -0.39 is 5.91 Å². The first-order valence-corrected chi connectivity index (χ1v) is 8.86. The van der Waals surface area contributed by atoms with Crippen LogP contribution in [-0.2, 0) is 6.42 Å². The Morgan fingerprint density at radius 1 is 1.14 bits per heavy atom. The average Bonchev–Trinajstić information content (AvgIpc) is 2.97. The summed E-state index contributed by atoms with van der Waals surface area (Å²) in [6, 6.07) is 12.9. The maximum absolute atomic E-state index is 13.1. The quantitative estimate of drug-likeness (QED) is 0.689. The van der Waals surface area contributed by atoms with Gasteiger partial charge in [-0.25, -0.2) is 9.07 Å². The molecule has 0 spiro atoms. The lowest BCUT2D eigenvalue weighted by Gasteiger charge is -2.08. The fraction of sp³-hybridized carbons (Fsp3) is 0.190. The lowest BCUT2D eigenvalue weighted by Crippen LogP contribution is -2.26. The van der Waals surface area contributed by atoms with Crippen LogP contribution in [0.2, 0.25) is 0 Å². The fourth-order valence-electron chi connectivity index (χ4n) is 3.09. The number of hydrogen-bond donors (Lipinski definition) is 2. The largest absolute Gasteiger partial charge is 0.366 e. The van der Waals surface area contributed by atoms with E-state index in [9.17, 15) is 14.0 Å². The van der Waals surface area contributed by atoms with E-state index >= 15 is 0 Å². The predicted molar refractivity (Wildman–Crippen MR) is 104 cm³/mol. The highest BCUT2D eigenvalue weighted by atomic mass is 19.1. The van der Waals surface area contributed by atoms with Crippen LogP contribution in [0.5, 0.6) is 0 Å². The van der Waals surface area contributed by atoms with Gasteiger partial charge in [-0.15, -0.1) is 0 Å². The maximum atomic E-state index is 13.1. The van der Waals surface area contributed by atoms with Gasteiger partial charge in [-0.1, -0.05) is 12.1 Å². The van der Waals surface area contributed by atoms with E-state index in [4.69, 9.17) is 5.73 Å². The van der Waals surface area contributed by atoms with Crippen molar-refractivity contribution in [1.29, 1.82) is 0 Å². The summed E-state index contributed by atoms with van der Waals surface area (Å²) in [5.41, 5.74) is 9.09. The summed E-state index contributed by atoms with van der Waals surface area (Å²) in [6.07, 6.45) is 0.567. The molecule has 0 atom stereocenters. The Morgan fingerprint density at radius 3 is 2.54 bits per heavy atom. The molecule has 1 aromatic heterocycles. The molecule has 1 heterocycles. The maximum Gasteiger partial charge on any atom is 0.255 e. The summed E-state index contributed by atoms with van der Waals surface area (Å²) in [5.74, 6) is -1.04. The Hall–Kier alpha value is -3.48. The van der Waals surface area contributed by atoms with Gasteiger partial charge in [-0.2, -0.15) is 5.10 Å². The van der Waals surface area contributed by atoms with Gasteiger partial charge >= 0.3 is 0 Å². The van der Waals surface area contributed by atoms with Gasteiger partial charge in [-0.05, 0) is 62.2 Å². The minimum Gasteiger partial charge on any atom is -0.366 e. The molecular formula is C21H21FN4O2. The molecule has 3 rings (SSSR count). The van der Waals surface area contributed by atoms with Crippen LogP contribution in [0.4, 0.5) is 4.39 Å². The molecule has 0 aliphatic rings. The standard InChI is InChI=1S/C21H21FN4O2/c1-13-19(14(2)26(25-13)18-8-6-17(22)7-9-18)21(28)24-11-10-15-4-3-5-16(12-15)20(23)27/h3-9,12H,10-11H2,1-2H3,(H2,23,27)(H,24,28). The van der Waals surface area contributed by atoms with Gasteiger partial charge in [-0.3, -0.25) is 9.59 Å². The first kappa shape index (κ1) is 19.3. The molecule has 6 nitrogen and oxygen atoms in total. The summed E-state index contributed by atoms with van der Waals surface area (Å²) in [4.78, 5) is 23.9. The number of nitrogens with two attached hydrogens (primary N) is 1. The molecule has 2 aromatic carbocycles. The molecule has 0 saturated heterocycles. The third kappa shape index (κ3) is 4.09. The van der Waals surface area contributed by atoms with Crippen molar-refractivity contribution in [3.8, 4) is 5.69 Å². The number of aromatic nitrogens is 2. The van der Waals surface area contributed by atoms with Gasteiger partial charge in [0.2, 0.25) is 5.91 Å². The second kappa shape index (κ2) is 8.04. The van der Waals surface area contributed by atoms with Crippen LogP contribution < -0.4 is 11.1 Å². The number of benzene rings is 2. The fourth-order valence-corrected chi connectivity index (χ4v) is 3.09. The first-order chi connectivity index (χ1) is 13.4. The highest BCUT2D eigenvalue weighted by molar-refractivity contribution is 5.96. The molecule has 144 valence electrons. The van der Waals surface area contributed by atoms with Crippen molar-refractivity contribution >= 4 is 11.8 Å². The van der Waals surface area contributed by atoms with Crippen LogP contribution in [0.25, 0.3) is 5.69 Å². The Labute approximate surface area is 162 Å². The third-order valence-electron chi connectivity index (χ3n) is 4.50. The van der Waals surface area contributed by atoms with Gasteiger partial charge in [0, 0.05) is 12.1 Å². The second-order valence-corrected chi connectivity index (χ2v) is 6.50. The van der Waals surface area contributed by atoms with Crippen LogP contribution in [-0.4, -0.2) is 28.1 Å². The average molecular weight is 380 g/mol. The van der Waals surface area contributed by atoms with Crippen molar-refractivity contribution in [2.24, 2.45) is 5.73 Å². The smallest absolute Gasteiger partial charge is 0.255 e. The van der Waals surface area contributed by atoms with Gasteiger partial charge in [0.15, 0.2) is 0 Å². The van der Waals surface area contributed by atoms with Crippen molar-refractivity contribution in [1.82, 2.24) is 15.1 Å². The number of nitrogens with zero attached hydrogens (tertiary/aromatic N) is 2. The van der Waals surface area contributed by atoms with E-state index in [0.717, 1.165) is 5.56 Å². The molecule has 0 fully saturated rings.